The molecular formula is C23H36IN5O. The maximum Gasteiger partial charge on any atom is 0.191 e. The first-order chi connectivity index (χ1) is 14.3. The van der Waals surface area contributed by atoms with Crippen LogP contribution < -0.4 is 10.6 Å². The summed E-state index contributed by atoms with van der Waals surface area (Å²) >= 11 is 0. The maximum atomic E-state index is 5.67. The number of ether oxygens (including phenoxy) is 1. The minimum atomic E-state index is 0. The van der Waals surface area contributed by atoms with Gasteiger partial charge in [0.05, 0.1) is 6.54 Å². The Morgan fingerprint density at radius 2 is 1.93 bits per heavy atom. The minimum Gasteiger partial charge on any atom is -0.381 e. The Labute approximate surface area is 197 Å². The number of aliphatic imine (C=N–C) groups is 1. The number of guanidine groups is 1. The molecule has 1 aromatic heterocycles. The van der Waals surface area contributed by atoms with Crippen LogP contribution in [0.1, 0.15) is 38.2 Å². The molecule has 2 aromatic rings. The molecule has 3 heterocycles. The maximum absolute atomic E-state index is 5.67. The van der Waals surface area contributed by atoms with E-state index < -0.39 is 0 Å². The van der Waals surface area contributed by atoms with Crippen molar-refractivity contribution >= 4 is 40.8 Å². The van der Waals surface area contributed by atoms with Crippen LogP contribution in [0, 0.1) is 0 Å². The van der Waals surface area contributed by atoms with Crippen molar-refractivity contribution in [2.24, 2.45) is 4.99 Å². The summed E-state index contributed by atoms with van der Waals surface area (Å²) in [4.78, 5) is 11.1. The first-order valence-electron chi connectivity index (χ1n) is 11.2. The van der Waals surface area contributed by atoms with E-state index in [0.717, 1.165) is 58.1 Å². The average Bonchev–Trinajstić information content (AvgIpc) is 3.44. The average molecular weight is 525 g/mol. The molecule has 4 rings (SSSR count). The summed E-state index contributed by atoms with van der Waals surface area (Å²) in [5.41, 5.74) is 2.73. The van der Waals surface area contributed by atoms with Crippen molar-refractivity contribution in [1.82, 2.24) is 20.5 Å². The summed E-state index contributed by atoms with van der Waals surface area (Å²) in [6, 6.07) is 8.49. The highest BCUT2D eigenvalue weighted by Gasteiger charge is 2.39. The summed E-state index contributed by atoms with van der Waals surface area (Å²) in [5, 5.41) is 8.29. The molecule has 0 bridgehead atoms. The van der Waals surface area contributed by atoms with E-state index in [2.05, 4.69) is 57.9 Å². The van der Waals surface area contributed by atoms with Crippen molar-refractivity contribution in [1.29, 1.82) is 0 Å². The van der Waals surface area contributed by atoms with E-state index in [1.54, 1.807) is 0 Å². The van der Waals surface area contributed by atoms with Crippen LogP contribution in [0.2, 0.25) is 0 Å². The van der Waals surface area contributed by atoms with Gasteiger partial charge in [-0.1, -0.05) is 18.2 Å². The number of aromatic amines is 1. The van der Waals surface area contributed by atoms with Gasteiger partial charge >= 0.3 is 0 Å². The fourth-order valence-corrected chi connectivity index (χ4v) is 4.74. The Kier molecular flexibility index (Phi) is 8.83. The summed E-state index contributed by atoms with van der Waals surface area (Å²) in [7, 11) is 0. The fraction of sp³-hybridized carbons (Fsp3) is 0.609. The molecule has 7 heteroatoms. The lowest BCUT2D eigenvalue weighted by molar-refractivity contribution is -0.0139. The Balaban J connectivity index is 0.00000256. The minimum absolute atomic E-state index is 0. The Morgan fingerprint density at radius 1 is 1.17 bits per heavy atom. The Bertz CT molecular complexity index is 809. The zero-order valence-electron chi connectivity index (χ0n) is 18.1. The highest BCUT2D eigenvalue weighted by Crippen LogP contribution is 2.31. The number of hydrogen-bond acceptors (Lipinski definition) is 3. The number of nitrogens with zero attached hydrogens (tertiary/aromatic N) is 2. The summed E-state index contributed by atoms with van der Waals surface area (Å²) in [6.45, 7) is 8.85. The van der Waals surface area contributed by atoms with Gasteiger partial charge < -0.3 is 20.4 Å². The predicted octanol–water partition coefficient (Wildman–Crippen LogP) is 3.53. The molecule has 0 spiro atoms. The first-order valence-corrected chi connectivity index (χ1v) is 11.2. The predicted molar refractivity (Wildman–Crippen MR) is 135 cm³/mol. The number of aromatic nitrogens is 1. The number of likely N-dealkylation sites (tertiary alicyclic amines) is 1. The molecule has 6 nitrogen and oxygen atoms in total. The zero-order chi connectivity index (χ0) is 19.9. The molecular weight excluding hydrogens is 489 g/mol. The standard InChI is InChI=1S/C23H35N5O.HI/c1-2-24-22(25-12-9-19-17-26-21-8-4-3-7-20(19)21)27-18-23(10-15-29-16-11-23)28-13-5-6-14-28;/h3-4,7-8,17,26H,2,5-6,9-16,18H2,1H3,(H2,24,25,27);1H. The largest absolute Gasteiger partial charge is 0.381 e. The molecule has 0 unspecified atom stereocenters. The Hall–Kier alpha value is -1.32. The zero-order valence-corrected chi connectivity index (χ0v) is 20.4. The number of hydrogen-bond donors (Lipinski definition) is 3. The van der Waals surface area contributed by atoms with Gasteiger partial charge in [-0.3, -0.25) is 9.89 Å². The number of benzene rings is 1. The normalized spacial score (nSPS) is 19.6. The van der Waals surface area contributed by atoms with E-state index in [1.165, 1.54) is 42.4 Å². The number of H-pyrrole nitrogens is 1. The lowest BCUT2D eigenvalue weighted by atomic mass is 9.88. The van der Waals surface area contributed by atoms with E-state index in [0.29, 0.717) is 0 Å². The lowest BCUT2D eigenvalue weighted by Crippen LogP contribution is -2.54. The molecule has 0 radical (unpaired) electrons. The van der Waals surface area contributed by atoms with Gasteiger partial charge in [0.2, 0.25) is 0 Å². The van der Waals surface area contributed by atoms with Gasteiger partial charge in [-0.05, 0) is 63.7 Å². The molecule has 0 saturated carbocycles. The molecule has 0 amide bonds. The quantitative estimate of drug-likeness (QED) is 0.294. The van der Waals surface area contributed by atoms with E-state index in [9.17, 15) is 0 Å². The van der Waals surface area contributed by atoms with Crippen LogP contribution in [0.3, 0.4) is 0 Å². The monoisotopic (exact) mass is 525 g/mol. The Morgan fingerprint density at radius 3 is 2.70 bits per heavy atom. The second-order valence-corrected chi connectivity index (χ2v) is 8.26. The molecule has 2 aliphatic heterocycles. The molecule has 0 atom stereocenters. The van der Waals surface area contributed by atoms with Gasteiger partial charge in [0.25, 0.3) is 0 Å². The van der Waals surface area contributed by atoms with Crippen molar-refractivity contribution in [2.75, 3.05) is 45.9 Å². The molecule has 2 saturated heterocycles. The summed E-state index contributed by atoms with van der Waals surface area (Å²) in [6.07, 6.45) is 7.90. The summed E-state index contributed by atoms with van der Waals surface area (Å²) in [5.74, 6) is 0.928. The topological polar surface area (TPSA) is 64.7 Å². The van der Waals surface area contributed by atoms with Crippen LogP contribution in [-0.2, 0) is 11.2 Å². The van der Waals surface area contributed by atoms with Crippen LogP contribution in [-0.4, -0.2) is 67.3 Å². The van der Waals surface area contributed by atoms with Crippen LogP contribution in [0.5, 0.6) is 0 Å². The smallest absolute Gasteiger partial charge is 0.191 e. The van der Waals surface area contributed by atoms with Crippen molar-refractivity contribution in [3.63, 3.8) is 0 Å². The van der Waals surface area contributed by atoms with Gasteiger partial charge in [-0.25, -0.2) is 0 Å². The molecule has 1 aromatic carbocycles. The third-order valence-corrected chi connectivity index (χ3v) is 6.44. The second kappa shape index (κ2) is 11.3. The van der Waals surface area contributed by atoms with Crippen molar-refractivity contribution in [2.45, 2.75) is 44.6 Å². The SMILES string of the molecule is CCNC(=NCC1(N2CCCC2)CCOCC1)NCCc1c[nH]c2ccccc12.I. The lowest BCUT2D eigenvalue weighted by Gasteiger charge is -2.43. The van der Waals surface area contributed by atoms with E-state index in [1.807, 2.05) is 0 Å². The molecule has 0 aliphatic carbocycles. The third-order valence-electron chi connectivity index (χ3n) is 6.44. The van der Waals surface area contributed by atoms with Crippen molar-refractivity contribution in [3.8, 4) is 0 Å². The number of nitrogens with one attached hydrogen (secondary N) is 3. The fourth-order valence-electron chi connectivity index (χ4n) is 4.74. The third kappa shape index (κ3) is 5.48. The van der Waals surface area contributed by atoms with Gasteiger partial charge in [-0.15, -0.1) is 24.0 Å². The molecule has 30 heavy (non-hydrogen) atoms. The number of rotatable bonds is 7. The van der Waals surface area contributed by atoms with Gasteiger partial charge in [0, 0.05) is 48.9 Å². The number of halogens is 1. The number of para-hydroxylation sites is 1. The van der Waals surface area contributed by atoms with E-state index in [-0.39, 0.29) is 29.5 Å². The highest BCUT2D eigenvalue weighted by molar-refractivity contribution is 14.0. The van der Waals surface area contributed by atoms with Crippen LogP contribution in [0.4, 0.5) is 0 Å². The van der Waals surface area contributed by atoms with Crippen molar-refractivity contribution < 1.29 is 4.74 Å². The van der Waals surface area contributed by atoms with Crippen molar-refractivity contribution in [3.05, 3.63) is 36.0 Å². The van der Waals surface area contributed by atoms with E-state index in [4.69, 9.17) is 9.73 Å². The molecule has 166 valence electrons. The highest BCUT2D eigenvalue weighted by atomic mass is 127. The molecule has 2 aliphatic rings. The van der Waals surface area contributed by atoms with E-state index >= 15 is 0 Å². The van der Waals surface area contributed by atoms with Crippen LogP contribution >= 0.6 is 24.0 Å². The van der Waals surface area contributed by atoms with Gasteiger partial charge in [-0.2, -0.15) is 0 Å². The van der Waals surface area contributed by atoms with Crippen LogP contribution in [0.25, 0.3) is 10.9 Å². The molecule has 2 fully saturated rings. The van der Waals surface area contributed by atoms with Gasteiger partial charge in [0.15, 0.2) is 5.96 Å². The number of fused-ring (bicyclic) bond motifs is 1. The summed E-state index contributed by atoms with van der Waals surface area (Å²) < 4.78 is 5.67. The first kappa shape index (κ1) is 23.3. The van der Waals surface area contributed by atoms with Crippen LogP contribution in [0.15, 0.2) is 35.5 Å². The molecule has 3 N–H and O–H groups in total. The van der Waals surface area contributed by atoms with Gasteiger partial charge in [0.1, 0.15) is 0 Å². The second-order valence-electron chi connectivity index (χ2n) is 8.26.